The Labute approximate surface area is 169 Å². The molecule has 0 aromatic heterocycles. The first kappa shape index (κ1) is 22.5. The quantitative estimate of drug-likeness (QED) is 0.692. The zero-order valence-electron chi connectivity index (χ0n) is 15.5. The highest BCUT2D eigenvalue weighted by Crippen LogP contribution is 2.40. The lowest BCUT2D eigenvalue weighted by Crippen LogP contribution is -2.50. The van der Waals surface area contributed by atoms with Crippen molar-refractivity contribution >= 4 is 35.0 Å². The molecular weight excluding hydrogens is 413 g/mol. The molecule has 0 aliphatic rings. The van der Waals surface area contributed by atoms with Crippen molar-refractivity contribution in [1.82, 2.24) is 0 Å². The fourth-order valence-corrected chi connectivity index (χ4v) is 2.64. The average Bonchev–Trinajstić information content (AvgIpc) is 2.66. The van der Waals surface area contributed by atoms with E-state index < -0.39 is 29.3 Å². The molecule has 2 aromatic rings. The Morgan fingerprint density at radius 1 is 1.17 bits per heavy atom. The van der Waals surface area contributed by atoms with E-state index in [1.165, 1.54) is 32.2 Å². The minimum atomic E-state index is -5.30. The topological polar surface area (TPSA) is 78.9 Å². The number of hydrogen-bond acceptors (Lipinski definition) is 4. The van der Waals surface area contributed by atoms with Gasteiger partial charge in [0.2, 0.25) is 0 Å². The number of esters is 1. The van der Waals surface area contributed by atoms with Gasteiger partial charge in [-0.05, 0) is 37.3 Å². The molecule has 1 atom stereocenters. The molecule has 6 nitrogen and oxygen atoms in total. The number of alkyl halides is 3. The van der Waals surface area contributed by atoms with Crippen molar-refractivity contribution in [2.75, 3.05) is 23.9 Å². The summed E-state index contributed by atoms with van der Waals surface area (Å²) < 4.78 is 44.6. The molecule has 2 rings (SSSR count). The van der Waals surface area contributed by atoms with Crippen molar-refractivity contribution in [3.63, 3.8) is 0 Å². The van der Waals surface area contributed by atoms with Gasteiger partial charge in [0.1, 0.15) is 0 Å². The minimum absolute atomic E-state index is 0.224. The van der Waals surface area contributed by atoms with Crippen LogP contribution in [0.4, 0.5) is 29.3 Å². The zero-order valence-corrected chi connectivity index (χ0v) is 16.2. The maximum absolute atomic E-state index is 13.4. The Balaban J connectivity index is 2.25. The molecule has 0 saturated heterocycles. The summed E-state index contributed by atoms with van der Waals surface area (Å²) in [4.78, 5) is 25.3. The molecule has 1 unspecified atom stereocenters. The number of nitrogens with zero attached hydrogens (tertiary/aromatic N) is 1. The molecule has 0 spiro atoms. The first-order valence-corrected chi connectivity index (χ1v) is 8.75. The van der Waals surface area contributed by atoms with E-state index in [1.807, 2.05) is 0 Å². The van der Waals surface area contributed by atoms with Crippen LogP contribution < -0.4 is 10.2 Å². The lowest BCUT2D eigenvalue weighted by Gasteiger charge is -2.29. The number of nitrogens with one attached hydrogen (secondary N) is 1. The van der Waals surface area contributed by atoms with Gasteiger partial charge in [-0.2, -0.15) is 13.2 Å². The van der Waals surface area contributed by atoms with Gasteiger partial charge in [0.05, 0.1) is 6.61 Å². The fourth-order valence-electron chi connectivity index (χ4n) is 2.45. The molecule has 0 saturated carbocycles. The maximum Gasteiger partial charge on any atom is 0.432 e. The summed E-state index contributed by atoms with van der Waals surface area (Å²) in [6.45, 7) is 0.993. The van der Waals surface area contributed by atoms with Crippen LogP contribution in [0.3, 0.4) is 0 Å². The number of hydrogen-bond donors (Lipinski definition) is 2. The van der Waals surface area contributed by atoms with Crippen LogP contribution in [0.2, 0.25) is 5.02 Å². The lowest BCUT2D eigenvalue weighted by molar-refractivity contribution is -0.267. The summed E-state index contributed by atoms with van der Waals surface area (Å²) in [5.74, 6) is -1.83. The highest BCUT2D eigenvalue weighted by Gasteiger charge is 2.62. The third-order valence-corrected chi connectivity index (χ3v) is 4.27. The summed E-state index contributed by atoms with van der Waals surface area (Å²) >= 11 is 5.85. The van der Waals surface area contributed by atoms with Crippen LogP contribution in [0.1, 0.15) is 12.5 Å². The van der Waals surface area contributed by atoms with Crippen molar-refractivity contribution in [3.05, 3.63) is 59.1 Å². The van der Waals surface area contributed by atoms with Gasteiger partial charge in [0, 0.05) is 29.0 Å². The van der Waals surface area contributed by atoms with Crippen LogP contribution in [0.5, 0.6) is 0 Å². The minimum Gasteiger partial charge on any atom is -0.463 e. The van der Waals surface area contributed by atoms with E-state index in [2.05, 4.69) is 10.1 Å². The highest BCUT2D eigenvalue weighted by molar-refractivity contribution is 6.30. The Kier molecular flexibility index (Phi) is 6.76. The monoisotopic (exact) mass is 430 g/mol. The van der Waals surface area contributed by atoms with Gasteiger partial charge in [-0.15, -0.1) is 0 Å². The molecule has 0 fully saturated rings. The van der Waals surface area contributed by atoms with Gasteiger partial charge in [-0.1, -0.05) is 29.8 Å². The predicted molar refractivity (Wildman–Crippen MR) is 102 cm³/mol. The second kappa shape index (κ2) is 8.71. The van der Waals surface area contributed by atoms with E-state index in [-0.39, 0.29) is 12.3 Å². The zero-order chi connectivity index (χ0) is 21.8. The van der Waals surface area contributed by atoms with Crippen LogP contribution in [-0.2, 0) is 15.1 Å². The standard InChI is InChI=1S/C19H18ClF3N2O4/c1-3-29-16(26)18(28,19(21,22)23)12-7-9-15(10-8-12)25(2)17(27)24-14-6-4-5-13(20)11-14/h4-11,28H,3H2,1-2H3,(H,24,27). The number of carbonyl (C=O) groups excluding carboxylic acids is 2. The molecular formula is C19H18ClF3N2O4. The Morgan fingerprint density at radius 3 is 2.31 bits per heavy atom. The molecule has 2 aromatic carbocycles. The highest BCUT2D eigenvalue weighted by atomic mass is 35.5. The Bertz CT molecular complexity index is 890. The molecule has 0 aliphatic carbocycles. The molecule has 0 bridgehead atoms. The normalized spacial score (nSPS) is 13.3. The number of carbonyl (C=O) groups is 2. The van der Waals surface area contributed by atoms with Crippen LogP contribution in [0, 0.1) is 0 Å². The third-order valence-electron chi connectivity index (χ3n) is 4.03. The molecule has 0 heterocycles. The molecule has 29 heavy (non-hydrogen) atoms. The van der Waals surface area contributed by atoms with Gasteiger partial charge in [-0.25, -0.2) is 9.59 Å². The summed E-state index contributed by atoms with van der Waals surface area (Å²) in [5, 5.41) is 13.1. The predicted octanol–water partition coefficient (Wildman–Crippen LogP) is 4.32. The first-order chi connectivity index (χ1) is 13.5. The van der Waals surface area contributed by atoms with Crippen molar-refractivity contribution in [2.45, 2.75) is 18.7 Å². The first-order valence-electron chi connectivity index (χ1n) is 8.37. The van der Waals surface area contributed by atoms with Crippen molar-refractivity contribution in [2.24, 2.45) is 0 Å². The number of amides is 2. The summed E-state index contributed by atoms with van der Waals surface area (Å²) in [5.41, 5.74) is -3.89. The van der Waals surface area contributed by atoms with Crippen LogP contribution in [0.25, 0.3) is 0 Å². The van der Waals surface area contributed by atoms with Gasteiger partial charge < -0.3 is 15.2 Å². The maximum atomic E-state index is 13.4. The second-order valence-corrected chi connectivity index (χ2v) is 6.41. The molecule has 156 valence electrons. The summed E-state index contributed by atoms with van der Waals surface area (Å²) in [6.07, 6.45) is -5.30. The largest absolute Gasteiger partial charge is 0.463 e. The number of rotatable bonds is 5. The smallest absolute Gasteiger partial charge is 0.432 e. The van der Waals surface area contributed by atoms with E-state index in [0.29, 0.717) is 10.7 Å². The third kappa shape index (κ3) is 4.80. The molecule has 0 aliphatic heterocycles. The lowest BCUT2D eigenvalue weighted by atomic mass is 9.93. The van der Waals surface area contributed by atoms with Crippen LogP contribution in [-0.4, -0.2) is 36.9 Å². The van der Waals surface area contributed by atoms with Gasteiger partial charge in [0.25, 0.3) is 5.60 Å². The van der Waals surface area contributed by atoms with E-state index in [1.54, 1.807) is 18.2 Å². The van der Waals surface area contributed by atoms with E-state index in [4.69, 9.17) is 11.6 Å². The van der Waals surface area contributed by atoms with E-state index in [9.17, 15) is 27.9 Å². The number of anilines is 2. The molecule has 2 amide bonds. The summed E-state index contributed by atoms with van der Waals surface area (Å²) in [6, 6.07) is 9.99. The van der Waals surface area contributed by atoms with E-state index >= 15 is 0 Å². The van der Waals surface area contributed by atoms with Crippen molar-refractivity contribution < 1.29 is 32.6 Å². The number of ether oxygens (including phenoxy) is 1. The second-order valence-electron chi connectivity index (χ2n) is 5.98. The van der Waals surface area contributed by atoms with E-state index in [0.717, 1.165) is 17.0 Å². The molecule has 2 N–H and O–H groups in total. The Morgan fingerprint density at radius 2 is 1.79 bits per heavy atom. The SMILES string of the molecule is CCOC(=O)C(O)(c1ccc(N(C)C(=O)Nc2cccc(Cl)c2)cc1)C(F)(F)F. The van der Waals surface area contributed by atoms with Crippen molar-refractivity contribution in [3.8, 4) is 0 Å². The molecule has 10 heteroatoms. The number of benzene rings is 2. The molecule has 0 radical (unpaired) electrons. The van der Waals surface area contributed by atoms with Crippen LogP contribution in [0.15, 0.2) is 48.5 Å². The fraction of sp³-hybridized carbons (Fsp3) is 0.263. The van der Waals surface area contributed by atoms with Crippen molar-refractivity contribution in [1.29, 1.82) is 0 Å². The van der Waals surface area contributed by atoms with Gasteiger partial charge >= 0.3 is 18.2 Å². The van der Waals surface area contributed by atoms with Crippen LogP contribution >= 0.6 is 11.6 Å². The average molecular weight is 431 g/mol. The number of aliphatic hydroxyl groups is 1. The Hall–Kier alpha value is -2.78. The van der Waals surface area contributed by atoms with Gasteiger partial charge in [0.15, 0.2) is 0 Å². The van der Waals surface area contributed by atoms with Gasteiger partial charge in [-0.3, -0.25) is 4.90 Å². The summed E-state index contributed by atoms with van der Waals surface area (Å²) in [7, 11) is 1.40. The number of urea groups is 1. The number of halogens is 4.